The lowest BCUT2D eigenvalue weighted by molar-refractivity contribution is -0.156. The number of esters is 2. The fourth-order valence-corrected chi connectivity index (χ4v) is 3.81. The molecule has 0 fully saturated rings. The van der Waals surface area contributed by atoms with Gasteiger partial charge in [0, 0.05) is 18.8 Å². The van der Waals surface area contributed by atoms with Crippen LogP contribution in [0.4, 0.5) is 0 Å². The molecule has 0 spiro atoms. The zero-order valence-corrected chi connectivity index (χ0v) is 22.5. The summed E-state index contributed by atoms with van der Waals surface area (Å²) in [6.07, 6.45) is 3.99. The number of rotatable bonds is 16. The third-order valence-corrected chi connectivity index (χ3v) is 6.05. The number of hydrogen-bond acceptors (Lipinski definition) is 6. The van der Waals surface area contributed by atoms with Gasteiger partial charge in [0.15, 0.2) is 6.10 Å². The molecule has 39 heavy (non-hydrogen) atoms. The number of carbonyl (C=O) groups is 2. The lowest BCUT2D eigenvalue weighted by Crippen LogP contribution is -2.29. The largest absolute Gasteiger partial charge is 0.494 e. The van der Waals surface area contributed by atoms with E-state index in [0.29, 0.717) is 13.2 Å². The third kappa shape index (κ3) is 9.91. The van der Waals surface area contributed by atoms with E-state index < -0.39 is 18.0 Å². The van der Waals surface area contributed by atoms with E-state index in [2.05, 4.69) is 80.7 Å². The summed E-state index contributed by atoms with van der Waals surface area (Å²) in [5.41, 5.74) is 6.05. The fraction of sp³-hybridized carbons (Fsp3) is 0.273. The molecule has 204 valence electrons. The first-order valence-corrected chi connectivity index (χ1v) is 13.1. The van der Waals surface area contributed by atoms with Crippen LogP contribution < -0.4 is 4.74 Å². The Morgan fingerprint density at radius 3 is 1.77 bits per heavy atom. The first kappa shape index (κ1) is 29.4. The summed E-state index contributed by atoms with van der Waals surface area (Å²) in [6, 6.07) is 25.4. The smallest absolute Gasteiger partial charge is 0.330 e. The van der Waals surface area contributed by atoms with Crippen LogP contribution in [0.25, 0.3) is 22.3 Å². The van der Waals surface area contributed by atoms with Crippen LogP contribution in [0.1, 0.15) is 25.3 Å². The SMILES string of the molecule is C=CC(=O)OCC(COCCCCOc1ccc(-c2ccc(-c3ccc(CC)cc3)cc2)cc1)OC(=O)C=C. The van der Waals surface area contributed by atoms with Gasteiger partial charge in [0.1, 0.15) is 12.4 Å². The van der Waals surface area contributed by atoms with E-state index in [9.17, 15) is 9.59 Å². The molecule has 6 nitrogen and oxygen atoms in total. The summed E-state index contributed by atoms with van der Waals surface area (Å²) in [5.74, 6) is -0.383. The van der Waals surface area contributed by atoms with Crippen molar-refractivity contribution in [3.63, 3.8) is 0 Å². The zero-order chi connectivity index (χ0) is 27.9. The van der Waals surface area contributed by atoms with Crippen molar-refractivity contribution < 1.29 is 28.5 Å². The van der Waals surface area contributed by atoms with Crippen LogP contribution in [0.2, 0.25) is 0 Å². The molecule has 3 aromatic rings. The highest BCUT2D eigenvalue weighted by Crippen LogP contribution is 2.26. The highest BCUT2D eigenvalue weighted by atomic mass is 16.6. The van der Waals surface area contributed by atoms with Gasteiger partial charge in [0.2, 0.25) is 0 Å². The quantitative estimate of drug-likeness (QED) is 0.119. The van der Waals surface area contributed by atoms with Gasteiger partial charge in [0.05, 0.1) is 13.2 Å². The van der Waals surface area contributed by atoms with Gasteiger partial charge < -0.3 is 18.9 Å². The third-order valence-electron chi connectivity index (χ3n) is 6.05. The van der Waals surface area contributed by atoms with Gasteiger partial charge in [-0.15, -0.1) is 0 Å². The van der Waals surface area contributed by atoms with Crippen LogP contribution in [-0.4, -0.2) is 44.5 Å². The van der Waals surface area contributed by atoms with Gasteiger partial charge in [-0.2, -0.15) is 0 Å². The maximum Gasteiger partial charge on any atom is 0.330 e. The minimum Gasteiger partial charge on any atom is -0.494 e. The maximum absolute atomic E-state index is 11.5. The Balaban J connectivity index is 1.37. The molecule has 3 rings (SSSR count). The molecule has 0 aliphatic rings. The van der Waals surface area contributed by atoms with E-state index >= 15 is 0 Å². The first-order chi connectivity index (χ1) is 19.0. The number of hydrogen-bond donors (Lipinski definition) is 0. The summed E-state index contributed by atoms with van der Waals surface area (Å²) < 4.78 is 21.5. The van der Waals surface area contributed by atoms with Gasteiger partial charge >= 0.3 is 11.9 Å². The Kier molecular flexibility index (Phi) is 12.0. The molecule has 0 amide bonds. The summed E-state index contributed by atoms with van der Waals surface area (Å²) in [7, 11) is 0. The molecule has 0 bridgehead atoms. The molecule has 0 saturated heterocycles. The standard InChI is InChI=1S/C33H36O6/c1-4-25-9-11-26(12-10-25)27-13-15-28(16-14-27)29-17-19-30(20-18-29)37-22-8-7-21-36-23-31(39-33(35)6-3)24-38-32(34)5-2/h5-6,9-20,31H,2-4,7-8,21-24H2,1H3. The van der Waals surface area contributed by atoms with Crippen LogP contribution in [-0.2, 0) is 30.2 Å². The highest BCUT2D eigenvalue weighted by molar-refractivity contribution is 5.82. The molecule has 0 aliphatic carbocycles. The van der Waals surface area contributed by atoms with E-state index in [4.69, 9.17) is 18.9 Å². The lowest BCUT2D eigenvalue weighted by atomic mass is 9.99. The van der Waals surface area contributed by atoms with E-state index in [-0.39, 0.29) is 13.2 Å². The minimum absolute atomic E-state index is 0.110. The molecular weight excluding hydrogens is 492 g/mol. The molecule has 0 N–H and O–H groups in total. The Bertz CT molecular complexity index is 1200. The topological polar surface area (TPSA) is 71.1 Å². The van der Waals surface area contributed by atoms with Crippen molar-refractivity contribution in [1.29, 1.82) is 0 Å². The molecule has 6 heteroatoms. The molecule has 1 unspecified atom stereocenters. The van der Waals surface area contributed by atoms with E-state index in [1.807, 2.05) is 12.1 Å². The van der Waals surface area contributed by atoms with Crippen molar-refractivity contribution >= 4 is 11.9 Å². The monoisotopic (exact) mass is 528 g/mol. The Labute approximate surface area is 230 Å². The molecule has 3 aromatic carbocycles. The van der Waals surface area contributed by atoms with Gasteiger partial charge in [-0.05, 0) is 59.2 Å². The average Bonchev–Trinajstić information content (AvgIpc) is 2.99. The number of ether oxygens (including phenoxy) is 4. The summed E-state index contributed by atoms with van der Waals surface area (Å²) in [4.78, 5) is 22.7. The Morgan fingerprint density at radius 2 is 1.23 bits per heavy atom. The van der Waals surface area contributed by atoms with Crippen molar-refractivity contribution in [3.05, 3.63) is 104 Å². The second-order valence-electron chi connectivity index (χ2n) is 8.88. The van der Waals surface area contributed by atoms with Gasteiger partial charge in [-0.1, -0.05) is 80.7 Å². The van der Waals surface area contributed by atoms with Crippen molar-refractivity contribution in [1.82, 2.24) is 0 Å². The van der Waals surface area contributed by atoms with Crippen LogP contribution >= 0.6 is 0 Å². The molecule has 0 heterocycles. The fourth-order valence-electron chi connectivity index (χ4n) is 3.81. The van der Waals surface area contributed by atoms with Crippen LogP contribution in [0.15, 0.2) is 98.1 Å². The second-order valence-corrected chi connectivity index (χ2v) is 8.88. The normalized spacial score (nSPS) is 11.3. The number of aryl methyl sites for hydroxylation is 1. The highest BCUT2D eigenvalue weighted by Gasteiger charge is 2.15. The average molecular weight is 529 g/mol. The van der Waals surface area contributed by atoms with Gasteiger partial charge in [0.25, 0.3) is 0 Å². The van der Waals surface area contributed by atoms with Crippen LogP contribution in [0.5, 0.6) is 5.75 Å². The molecule has 0 saturated carbocycles. The molecule has 0 aliphatic heterocycles. The van der Waals surface area contributed by atoms with Crippen LogP contribution in [0.3, 0.4) is 0 Å². The summed E-state index contributed by atoms with van der Waals surface area (Å²) in [6.45, 7) is 9.87. The molecule has 0 radical (unpaired) electrons. The zero-order valence-electron chi connectivity index (χ0n) is 22.5. The summed E-state index contributed by atoms with van der Waals surface area (Å²) >= 11 is 0. The summed E-state index contributed by atoms with van der Waals surface area (Å²) in [5, 5.41) is 0. The van der Waals surface area contributed by atoms with Gasteiger partial charge in [-0.3, -0.25) is 0 Å². The maximum atomic E-state index is 11.5. The van der Waals surface area contributed by atoms with Crippen molar-refractivity contribution in [2.75, 3.05) is 26.4 Å². The van der Waals surface area contributed by atoms with Crippen molar-refractivity contribution in [2.24, 2.45) is 0 Å². The minimum atomic E-state index is -0.710. The predicted molar refractivity (Wildman–Crippen MR) is 153 cm³/mol. The van der Waals surface area contributed by atoms with E-state index in [1.54, 1.807) is 0 Å². The predicted octanol–water partition coefficient (Wildman–Crippen LogP) is 6.59. The van der Waals surface area contributed by atoms with Crippen molar-refractivity contribution in [2.45, 2.75) is 32.3 Å². The van der Waals surface area contributed by atoms with E-state index in [1.165, 1.54) is 16.7 Å². The molecular formula is C33H36O6. The Morgan fingerprint density at radius 1 is 0.718 bits per heavy atom. The first-order valence-electron chi connectivity index (χ1n) is 13.1. The number of benzene rings is 3. The Hall–Kier alpha value is -4.16. The van der Waals surface area contributed by atoms with Gasteiger partial charge in [-0.25, -0.2) is 9.59 Å². The lowest BCUT2D eigenvalue weighted by Gasteiger charge is -2.17. The molecule has 0 aromatic heterocycles. The second kappa shape index (κ2) is 15.9. The number of unbranched alkanes of at least 4 members (excludes halogenated alkanes) is 1. The van der Waals surface area contributed by atoms with Crippen molar-refractivity contribution in [3.8, 4) is 28.0 Å². The van der Waals surface area contributed by atoms with E-state index in [0.717, 1.165) is 48.3 Å². The number of carbonyl (C=O) groups excluding carboxylic acids is 2. The van der Waals surface area contributed by atoms with Crippen LogP contribution in [0, 0.1) is 0 Å². The molecule has 1 atom stereocenters.